The van der Waals surface area contributed by atoms with Gasteiger partial charge in [0.15, 0.2) is 12.4 Å². The zero-order chi connectivity index (χ0) is 22.0. The minimum Gasteiger partial charge on any atom is -0.345 e. The third kappa shape index (κ3) is 14.9. The summed E-state index contributed by atoms with van der Waals surface area (Å²) in [7, 11) is 3.93. The van der Waals surface area contributed by atoms with E-state index in [4.69, 9.17) is 0 Å². The second-order valence-corrected chi connectivity index (χ2v) is 9.45. The van der Waals surface area contributed by atoms with Gasteiger partial charge in [0, 0.05) is 19.8 Å². The van der Waals surface area contributed by atoms with Crippen LogP contribution in [-0.2, 0) is 4.79 Å². The van der Waals surface area contributed by atoms with Crippen molar-refractivity contribution in [1.29, 1.82) is 0 Å². The Kier molecular flexibility index (Phi) is 17.8. The standard InChI is InChI=1S/C25H52N2O2/c1-6-8-9-10-11-12-13-14-15-16-17-18-19-20-21-22-25(29)26-24(7-2)27(4,5)23(3)28/h23-24,28H,6-22H2,1-5H3/p+1. The molecule has 0 fully saturated rings. The number of rotatable bonds is 20. The van der Waals surface area contributed by atoms with Crippen LogP contribution in [0.4, 0.5) is 0 Å². The van der Waals surface area contributed by atoms with Gasteiger partial charge in [0.2, 0.25) is 5.91 Å². The molecule has 0 saturated heterocycles. The molecule has 0 heterocycles. The van der Waals surface area contributed by atoms with E-state index in [1.807, 2.05) is 14.1 Å². The third-order valence-electron chi connectivity index (χ3n) is 6.49. The first-order valence-electron chi connectivity index (χ1n) is 12.7. The molecule has 0 aromatic carbocycles. The molecule has 1 amide bonds. The Morgan fingerprint density at radius 3 is 1.48 bits per heavy atom. The molecule has 0 aromatic heterocycles. The van der Waals surface area contributed by atoms with Crippen LogP contribution in [0.2, 0.25) is 0 Å². The summed E-state index contributed by atoms with van der Waals surface area (Å²) >= 11 is 0. The van der Waals surface area contributed by atoms with Crippen molar-refractivity contribution in [3.05, 3.63) is 0 Å². The number of amides is 1. The van der Waals surface area contributed by atoms with Crippen molar-refractivity contribution in [2.45, 2.75) is 142 Å². The lowest BCUT2D eigenvalue weighted by atomic mass is 10.0. The molecule has 2 unspecified atom stereocenters. The number of aliphatic hydroxyl groups is 1. The Labute approximate surface area is 182 Å². The lowest BCUT2D eigenvalue weighted by Crippen LogP contribution is -2.61. The maximum absolute atomic E-state index is 12.2. The molecule has 0 rings (SSSR count). The highest BCUT2D eigenvalue weighted by Crippen LogP contribution is 2.15. The normalized spacial score (nSPS) is 14.0. The molecule has 29 heavy (non-hydrogen) atoms. The molecule has 2 atom stereocenters. The Morgan fingerprint density at radius 2 is 1.14 bits per heavy atom. The zero-order valence-electron chi connectivity index (χ0n) is 20.5. The number of carbonyl (C=O) groups is 1. The van der Waals surface area contributed by atoms with Crippen molar-refractivity contribution in [1.82, 2.24) is 5.32 Å². The van der Waals surface area contributed by atoms with Gasteiger partial charge in [0.1, 0.15) is 0 Å². The fourth-order valence-electron chi connectivity index (χ4n) is 3.91. The summed E-state index contributed by atoms with van der Waals surface area (Å²) in [5.74, 6) is 0.124. The average molecular weight is 414 g/mol. The topological polar surface area (TPSA) is 49.3 Å². The zero-order valence-corrected chi connectivity index (χ0v) is 20.5. The molecule has 0 saturated carbocycles. The lowest BCUT2D eigenvalue weighted by Gasteiger charge is -2.40. The van der Waals surface area contributed by atoms with Gasteiger partial charge in [-0.05, 0) is 6.42 Å². The number of aliphatic hydroxyl groups excluding tert-OH is 1. The highest BCUT2D eigenvalue weighted by Gasteiger charge is 2.32. The predicted octanol–water partition coefficient (Wildman–Crippen LogP) is 6.51. The molecule has 174 valence electrons. The van der Waals surface area contributed by atoms with E-state index in [1.165, 1.54) is 83.5 Å². The molecule has 0 spiro atoms. The number of hydrogen-bond acceptors (Lipinski definition) is 2. The van der Waals surface area contributed by atoms with Gasteiger partial charge in [-0.15, -0.1) is 0 Å². The number of unbranched alkanes of at least 4 members (excludes halogenated alkanes) is 14. The van der Waals surface area contributed by atoms with E-state index < -0.39 is 6.23 Å². The summed E-state index contributed by atoms with van der Waals surface area (Å²) in [4.78, 5) is 12.2. The number of nitrogens with one attached hydrogen (secondary N) is 1. The summed E-state index contributed by atoms with van der Waals surface area (Å²) in [6.45, 7) is 6.12. The maximum atomic E-state index is 12.2. The van der Waals surface area contributed by atoms with E-state index in [0.717, 1.165) is 19.3 Å². The van der Waals surface area contributed by atoms with Crippen molar-refractivity contribution >= 4 is 5.91 Å². The molecule has 0 aliphatic rings. The smallest absolute Gasteiger partial charge is 0.224 e. The maximum Gasteiger partial charge on any atom is 0.224 e. The van der Waals surface area contributed by atoms with E-state index in [-0.39, 0.29) is 12.1 Å². The number of quaternary nitrogens is 1. The Hall–Kier alpha value is -0.610. The van der Waals surface area contributed by atoms with E-state index in [1.54, 1.807) is 6.92 Å². The molecule has 0 radical (unpaired) electrons. The Morgan fingerprint density at radius 1 is 0.759 bits per heavy atom. The van der Waals surface area contributed by atoms with Crippen LogP contribution in [0.1, 0.15) is 130 Å². The van der Waals surface area contributed by atoms with Crippen molar-refractivity contribution in [2.75, 3.05) is 14.1 Å². The van der Waals surface area contributed by atoms with Gasteiger partial charge in [-0.2, -0.15) is 0 Å². The summed E-state index contributed by atoms with van der Waals surface area (Å²) < 4.78 is 0.404. The molecule has 0 aliphatic carbocycles. The first-order chi connectivity index (χ1) is 13.9. The quantitative estimate of drug-likeness (QED) is 0.136. The summed E-state index contributed by atoms with van der Waals surface area (Å²) in [6.07, 6.45) is 21.0. The highest BCUT2D eigenvalue weighted by molar-refractivity contribution is 5.75. The van der Waals surface area contributed by atoms with Crippen LogP contribution in [0.3, 0.4) is 0 Å². The second kappa shape index (κ2) is 18.2. The summed E-state index contributed by atoms with van der Waals surface area (Å²) in [5, 5.41) is 13.0. The van der Waals surface area contributed by atoms with Crippen LogP contribution < -0.4 is 5.32 Å². The Bertz CT molecular complexity index is 383. The van der Waals surface area contributed by atoms with Gasteiger partial charge >= 0.3 is 0 Å². The van der Waals surface area contributed by atoms with Crippen LogP contribution >= 0.6 is 0 Å². The monoisotopic (exact) mass is 413 g/mol. The van der Waals surface area contributed by atoms with Crippen molar-refractivity contribution in [2.24, 2.45) is 0 Å². The molecule has 0 aliphatic heterocycles. The molecule has 4 heteroatoms. The minimum absolute atomic E-state index is 0.0289. The molecule has 0 aromatic rings. The second-order valence-electron chi connectivity index (χ2n) is 9.45. The molecular formula is C25H53N2O2+. The van der Waals surface area contributed by atoms with Gasteiger partial charge in [-0.3, -0.25) is 9.28 Å². The lowest BCUT2D eigenvalue weighted by molar-refractivity contribution is -0.959. The molecule has 2 N–H and O–H groups in total. The third-order valence-corrected chi connectivity index (χ3v) is 6.49. The number of carbonyl (C=O) groups excluding carboxylic acids is 1. The van der Waals surface area contributed by atoms with Crippen molar-refractivity contribution < 1.29 is 14.4 Å². The van der Waals surface area contributed by atoms with E-state index in [2.05, 4.69) is 19.2 Å². The first-order valence-corrected chi connectivity index (χ1v) is 12.7. The van der Waals surface area contributed by atoms with E-state index in [0.29, 0.717) is 10.9 Å². The fraction of sp³-hybridized carbons (Fsp3) is 0.960. The van der Waals surface area contributed by atoms with Crippen LogP contribution in [0, 0.1) is 0 Å². The summed E-state index contributed by atoms with van der Waals surface area (Å²) in [5.41, 5.74) is 0. The number of hydrogen-bond donors (Lipinski definition) is 2. The van der Waals surface area contributed by atoms with Gasteiger partial charge < -0.3 is 10.4 Å². The molecule has 0 bridgehead atoms. The van der Waals surface area contributed by atoms with Gasteiger partial charge in [-0.1, -0.05) is 104 Å². The number of nitrogens with zero attached hydrogens (tertiary/aromatic N) is 1. The largest absolute Gasteiger partial charge is 0.345 e. The Balaban J connectivity index is 3.51. The van der Waals surface area contributed by atoms with Crippen LogP contribution in [0.15, 0.2) is 0 Å². The van der Waals surface area contributed by atoms with Crippen molar-refractivity contribution in [3.63, 3.8) is 0 Å². The van der Waals surface area contributed by atoms with E-state index >= 15 is 0 Å². The first kappa shape index (κ1) is 28.4. The highest BCUT2D eigenvalue weighted by atomic mass is 16.3. The molecule has 4 nitrogen and oxygen atoms in total. The van der Waals surface area contributed by atoms with E-state index in [9.17, 15) is 9.90 Å². The van der Waals surface area contributed by atoms with Crippen LogP contribution in [0.25, 0.3) is 0 Å². The predicted molar refractivity (Wildman–Crippen MR) is 126 cm³/mol. The van der Waals surface area contributed by atoms with Crippen LogP contribution in [-0.4, -0.2) is 42.0 Å². The van der Waals surface area contributed by atoms with Gasteiger partial charge in [0.25, 0.3) is 0 Å². The summed E-state index contributed by atoms with van der Waals surface area (Å²) in [6, 6.07) is 0. The van der Waals surface area contributed by atoms with Gasteiger partial charge in [0.05, 0.1) is 14.1 Å². The van der Waals surface area contributed by atoms with Crippen molar-refractivity contribution in [3.8, 4) is 0 Å². The fourth-order valence-corrected chi connectivity index (χ4v) is 3.91. The SMILES string of the molecule is CCCCCCCCCCCCCCCCCC(=O)NC(CC)[N+](C)(C)C(C)O. The molecular weight excluding hydrogens is 360 g/mol. The minimum atomic E-state index is -0.494. The van der Waals surface area contributed by atoms with Gasteiger partial charge in [-0.25, -0.2) is 0 Å². The van der Waals surface area contributed by atoms with Crippen LogP contribution in [0.5, 0.6) is 0 Å². The average Bonchev–Trinajstić information content (AvgIpc) is 2.68.